The number of nitrogens with two attached hydrogens (primary N) is 1. The predicted molar refractivity (Wildman–Crippen MR) is 82.0 cm³/mol. The van der Waals surface area contributed by atoms with Gasteiger partial charge in [-0.1, -0.05) is 12.1 Å². The number of aryl methyl sites for hydroxylation is 1. The fourth-order valence-electron chi connectivity index (χ4n) is 1.84. The number of aliphatic imine (C=N–C) groups is 1. The molecule has 0 aromatic heterocycles. The van der Waals surface area contributed by atoms with Crippen LogP contribution in [0.4, 0.5) is 4.39 Å². The van der Waals surface area contributed by atoms with E-state index >= 15 is 0 Å². The summed E-state index contributed by atoms with van der Waals surface area (Å²) in [5.41, 5.74) is 7.65. The predicted octanol–water partition coefficient (Wildman–Crippen LogP) is 2.96. The van der Waals surface area contributed by atoms with Gasteiger partial charge in [-0.15, -0.1) is 0 Å². The highest BCUT2D eigenvalue weighted by Crippen LogP contribution is 2.25. The lowest BCUT2D eigenvalue weighted by Crippen LogP contribution is -2.30. The molecule has 0 amide bonds. The summed E-state index contributed by atoms with van der Waals surface area (Å²) in [6, 6.07) is 11.8. The van der Waals surface area contributed by atoms with E-state index in [4.69, 9.17) is 10.5 Å². The van der Waals surface area contributed by atoms with E-state index < -0.39 is 0 Å². The molecule has 3 N–H and O–H groups in total. The Morgan fingerprint density at radius 2 is 1.95 bits per heavy atom. The minimum absolute atomic E-state index is 0.282. The number of hydrogen-bond donors (Lipinski definition) is 2. The molecule has 0 spiro atoms. The third-order valence-corrected chi connectivity index (χ3v) is 3.00. The Hall–Kier alpha value is -2.56. The van der Waals surface area contributed by atoms with Crippen LogP contribution in [0.3, 0.4) is 0 Å². The molecule has 0 heterocycles. The first-order valence-corrected chi connectivity index (χ1v) is 6.57. The Morgan fingerprint density at radius 1 is 1.24 bits per heavy atom. The molecule has 0 aliphatic carbocycles. The van der Waals surface area contributed by atoms with Gasteiger partial charge in [0.05, 0.1) is 0 Å². The van der Waals surface area contributed by atoms with Gasteiger partial charge in [0.1, 0.15) is 17.3 Å². The molecule has 110 valence electrons. The molecular weight excluding hydrogens is 269 g/mol. The summed E-state index contributed by atoms with van der Waals surface area (Å²) in [6.45, 7) is 2.56. The van der Waals surface area contributed by atoms with Crippen molar-refractivity contribution in [1.29, 1.82) is 0 Å². The maximum Gasteiger partial charge on any atom is 0.188 e. The third kappa shape index (κ3) is 4.21. The first-order valence-electron chi connectivity index (χ1n) is 6.57. The molecule has 21 heavy (non-hydrogen) atoms. The first-order chi connectivity index (χ1) is 10.1. The molecule has 0 fully saturated rings. The summed E-state index contributed by atoms with van der Waals surface area (Å²) < 4.78 is 18.6. The lowest BCUT2D eigenvalue weighted by Gasteiger charge is -2.11. The van der Waals surface area contributed by atoms with Crippen LogP contribution >= 0.6 is 0 Å². The molecular formula is C16H18FN3O. The van der Waals surface area contributed by atoms with E-state index in [1.165, 1.54) is 12.1 Å². The molecule has 0 saturated heterocycles. The topological polar surface area (TPSA) is 59.6 Å². The molecule has 0 radical (unpaired) electrons. The van der Waals surface area contributed by atoms with Crippen molar-refractivity contribution < 1.29 is 9.13 Å². The Bertz CT molecular complexity index is 638. The molecule has 4 nitrogen and oxygen atoms in total. The first kappa shape index (κ1) is 14.8. The standard InChI is InChI=1S/C16H18FN3O/c1-11-9-12(10-20-16(18)19-2)3-8-15(11)21-14-6-4-13(17)5-7-14/h3-9H,10H2,1-2H3,(H3,18,19,20). The van der Waals surface area contributed by atoms with Gasteiger partial charge < -0.3 is 15.8 Å². The number of hydrogen-bond acceptors (Lipinski definition) is 2. The quantitative estimate of drug-likeness (QED) is 0.671. The van der Waals surface area contributed by atoms with Crippen molar-refractivity contribution in [3.8, 4) is 11.5 Å². The summed E-state index contributed by atoms with van der Waals surface area (Å²) in [4.78, 5) is 3.83. The normalized spacial score (nSPS) is 11.3. The van der Waals surface area contributed by atoms with Gasteiger partial charge in [0.15, 0.2) is 5.96 Å². The second-order valence-corrected chi connectivity index (χ2v) is 4.62. The molecule has 2 aromatic rings. The Morgan fingerprint density at radius 3 is 2.57 bits per heavy atom. The smallest absolute Gasteiger partial charge is 0.188 e. The second-order valence-electron chi connectivity index (χ2n) is 4.62. The van der Waals surface area contributed by atoms with Crippen LogP contribution in [0.25, 0.3) is 0 Å². The summed E-state index contributed by atoms with van der Waals surface area (Å²) in [5, 5.41) is 3.00. The van der Waals surface area contributed by atoms with Gasteiger partial charge >= 0.3 is 0 Å². The van der Waals surface area contributed by atoms with E-state index in [-0.39, 0.29) is 5.82 Å². The van der Waals surface area contributed by atoms with E-state index in [1.54, 1.807) is 19.2 Å². The van der Waals surface area contributed by atoms with Crippen LogP contribution in [0.15, 0.2) is 47.5 Å². The maximum atomic E-state index is 12.9. The number of nitrogens with one attached hydrogen (secondary N) is 1. The molecule has 2 rings (SSSR count). The van der Waals surface area contributed by atoms with Crippen LogP contribution in [0, 0.1) is 12.7 Å². The number of benzene rings is 2. The van der Waals surface area contributed by atoms with Crippen LogP contribution in [0.2, 0.25) is 0 Å². The number of halogens is 1. The summed E-state index contributed by atoms with van der Waals surface area (Å²) in [7, 11) is 1.63. The van der Waals surface area contributed by atoms with E-state index in [0.29, 0.717) is 18.3 Å². The summed E-state index contributed by atoms with van der Waals surface area (Å²) in [6.07, 6.45) is 0. The van der Waals surface area contributed by atoms with Gasteiger partial charge in [0, 0.05) is 13.6 Å². The van der Waals surface area contributed by atoms with Crippen molar-refractivity contribution in [1.82, 2.24) is 5.32 Å². The van der Waals surface area contributed by atoms with Gasteiger partial charge in [-0.05, 0) is 48.4 Å². The highest BCUT2D eigenvalue weighted by Gasteiger charge is 2.04. The minimum Gasteiger partial charge on any atom is -0.457 e. The van der Waals surface area contributed by atoms with Gasteiger partial charge in [-0.25, -0.2) is 4.39 Å². The second kappa shape index (κ2) is 6.74. The SMILES string of the molecule is CN=C(N)NCc1ccc(Oc2ccc(F)cc2)c(C)c1. The molecule has 5 heteroatoms. The fraction of sp³-hybridized carbons (Fsp3) is 0.188. The average Bonchev–Trinajstić information content (AvgIpc) is 2.49. The van der Waals surface area contributed by atoms with Crippen molar-refractivity contribution in [2.75, 3.05) is 7.05 Å². The Labute approximate surface area is 123 Å². The molecule has 2 aromatic carbocycles. The Balaban J connectivity index is 2.06. The minimum atomic E-state index is -0.282. The van der Waals surface area contributed by atoms with Gasteiger partial charge in [0.25, 0.3) is 0 Å². The van der Waals surface area contributed by atoms with Gasteiger partial charge in [0.2, 0.25) is 0 Å². The molecule has 0 atom stereocenters. The largest absolute Gasteiger partial charge is 0.457 e. The maximum absolute atomic E-state index is 12.9. The van der Waals surface area contributed by atoms with E-state index in [9.17, 15) is 4.39 Å². The van der Waals surface area contributed by atoms with Crippen molar-refractivity contribution in [3.63, 3.8) is 0 Å². The number of ether oxygens (including phenoxy) is 1. The van der Waals surface area contributed by atoms with Crippen molar-refractivity contribution >= 4 is 5.96 Å². The molecule has 0 bridgehead atoms. The fourth-order valence-corrected chi connectivity index (χ4v) is 1.84. The zero-order valence-electron chi connectivity index (χ0n) is 12.1. The number of rotatable bonds is 4. The molecule has 0 aliphatic heterocycles. The van der Waals surface area contributed by atoms with Gasteiger partial charge in [-0.3, -0.25) is 4.99 Å². The van der Waals surface area contributed by atoms with E-state index in [2.05, 4.69) is 10.3 Å². The lowest BCUT2D eigenvalue weighted by molar-refractivity contribution is 0.476. The third-order valence-electron chi connectivity index (χ3n) is 3.00. The zero-order valence-corrected chi connectivity index (χ0v) is 12.1. The monoisotopic (exact) mass is 287 g/mol. The summed E-state index contributed by atoms with van der Waals surface area (Å²) >= 11 is 0. The van der Waals surface area contributed by atoms with E-state index in [1.807, 2.05) is 25.1 Å². The number of nitrogens with zero attached hydrogens (tertiary/aromatic N) is 1. The van der Waals surface area contributed by atoms with Crippen LogP contribution in [-0.2, 0) is 6.54 Å². The highest BCUT2D eigenvalue weighted by atomic mass is 19.1. The van der Waals surface area contributed by atoms with Crippen LogP contribution in [-0.4, -0.2) is 13.0 Å². The van der Waals surface area contributed by atoms with Gasteiger partial charge in [-0.2, -0.15) is 0 Å². The lowest BCUT2D eigenvalue weighted by atomic mass is 10.1. The van der Waals surface area contributed by atoms with Crippen molar-refractivity contribution in [3.05, 3.63) is 59.4 Å². The van der Waals surface area contributed by atoms with Crippen molar-refractivity contribution in [2.24, 2.45) is 10.7 Å². The number of guanidine groups is 1. The molecule has 0 aliphatic rings. The average molecular weight is 287 g/mol. The molecule has 0 unspecified atom stereocenters. The zero-order chi connectivity index (χ0) is 15.2. The molecule has 0 saturated carbocycles. The highest BCUT2D eigenvalue weighted by molar-refractivity contribution is 5.77. The summed E-state index contributed by atoms with van der Waals surface area (Å²) in [5.74, 6) is 1.46. The van der Waals surface area contributed by atoms with Crippen molar-refractivity contribution in [2.45, 2.75) is 13.5 Å². The van der Waals surface area contributed by atoms with Crippen LogP contribution in [0.1, 0.15) is 11.1 Å². The Kier molecular flexibility index (Phi) is 4.77. The van der Waals surface area contributed by atoms with Crippen LogP contribution < -0.4 is 15.8 Å². The van der Waals surface area contributed by atoms with E-state index in [0.717, 1.165) is 16.9 Å². The van der Waals surface area contributed by atoms with Crippen LogP contribution in [0.5, 0.6) is 11.5 Å².